The van der Waals surface area contributed by atoms with E-state index in [1.807, 2.05) is 12.3 Å². The molecule has 1 aliphatic rings. The molecule has 0 aliphatic heterocycles. The first-order chi connectivity index (χ1) is 9.34. The van der Waals surface area contributed by atoms with Crippen LogP contribution < -0.4 is 4.72 Å². The van der Waals surface area contributed by atoms with Gasteiger partial charge < -0.3 is 5.11 Å². The standard InChI is InChI=1S/C14H21NO3S2/c1-14(16,10-19-2)9-15-20(17,18)13-7-6-11-4-3-5-12(11)8-13/h6-8,15-16H,3-5,9-10H2,1-2H3/t14-/m0/s1. The van der Waals surface area contributed by atoms with E-state index >= 15 is 0 Å². The van der Waals surface area contributed by atoms with Gasteiger partial charge in [0, 0.05) is 12.3 Å². The summed E-state index contributed by atoms with van der Waals surface area (Å²) in [5.41, 5.74) is 1.34. The van der Waals surface area contributed by atoms with Crippen LogP contribution in [-0.2, 0) is 22.9 Å². The average Bonchev–Trinajstić information content (AvgIpc) is 2.84. The summed E-state index contributed by atoms with van der Waals surface area (Å²) in [5, 5.41) is 10.0. The van der Waals surface area contributed by atoms with Crippen molar-refractivity contribution in [1.82, 2.24) is 4.72 Å². The Morgan fingerprint density at radius 3 is 2.75 bits per heavy atom. The van der Waals surface area contributed by atoms with Crippen molar-refractivity contribution in [1.29, 1.82) is 0 Å². The van der Waals surface area contributed by atoms with Crippen LogP contribution in [0.3, 0.4) is 0 Å². The molecule has 112 valence electrons. The molecule has 2 rings (SSSR count). The highest BCUT2D eigenvalue weighted by molar-refractivity contribution is 7.98. The maximum Gasteiger partial charge on any atom is 0.240 e. The van der Waals surface area contributed by atoms with Gasteiger partial charge in [-0.3, -0.25) is 0 Å². The Hall–Kier alpha value is -0.560. The van der Waals surface area contributed by atoms with Crippen LogP contribution in [0.1, 0.15) is 24.5 Å². The first-order valence-electron chi connectivity index (χ1n) is 6.67. The van der Waals surface area contributed by atoms with Crippen LogP contribution >= 0.6 is 11.8 Å². The Labute approximate surface area is 125 Å². The van der Waals surface area contributed by atoms with Crippen LogP contribution in [0.15, 0.2) is 23.1 Å². The third-order valence-electron chi connectivity index (χ3n) is 3.48. The molecule has 1 aromatic rings. The van der Waals surface area contributed by atoms with Crippen molar-refractivity contribution < 1.29 is 13.5 Å². The molecular formula is C14H21NO3S2. The Morgan fingerprint density at radius 1 is 1.35 bits per heavy atom. The molecule has 0 saturated heterocycles. The molecule has 0 saturated carbocycles. The molecule has 1 aliphatic carbocycles. The third-order valence-corrected chi connectivity index (χ3v) is 5.79. The fourth-order valence-corrected chi connectivity index (χ4v) is 4.35. The average molecular weight is 315 g/mol. The molecule has 0 bridgehead atoms. The second kappa shape index (κ2) is 6.05. The number of nitrogens with one attached hydrogen (secondary N) is 1. The minimum atomic E-state index is -3.55. The van der Waals surface area contributed by atoms with E-state index in [1.165, 1.54) is 17.3 Å². The van der Waals surface area contributed by atoms with E-state index in [9.17, 15) is 13.5 Å². The van der Waals surface area contributed by atoms with Crippen molar-refractivity contribution in [3.8, 4) is 0 Å². The molecule has 4 nitrogen and oxygen atoms in total. The van der Waals surface area contributed by atoms with Crippen LogP contribution in [0.2, 0.25) is 0 Å². The van der Waals surface area contributed by atoms with Gasteiger partial charge in [0.1, 0.15) is 0 Å². The first kappa shape index (κ1) is 15.8. The van der Waals surface area contributed by atoms with E-state index < -0.39 is 15.6 Å². The summed E-state index contributed by atoms with van der Waals surface area (Å²) >= 11 is 1.49. The highest BCUT2D eigenvalue weighted by Gasteiger charge is 2.24. The van der Waals surface area contributed by atoms with Crippen LogP contribution in [-0.4, -0.2) is 37.7 Å². The van der Waals surface area contributed by atoms with E-state index in [4.69, 9.17) is 0 Å². The van der Waals surface area contributed by atoms with Gasteiger partial charge in [-0.2, -0.15) is 11.8 Å². The second-order valence-electron chi connectivity index (χ2n) is 5.54. The molecule has 0 heterocycles. The number of hydrogen-bond donors (Lipinski definition) is 2. The van der Waals surface area contributed by atoms with Gasteiger partial charge in [0.2, 0.25) is 10.0 Å². The minimum Gasteiger partial charge on any atom is -0.388 e. The molecule has 0 amide bonds. The molecular weight excluding hydrogens is 294 g/mol. The van der Waals surface area contributed by atoms with E-state index in [0.29, 0.717) is 5.75 Å². The van der Waals surface area contributed by atoms with Gasteiger partial charge in [-0.15, -0.1) is 0 Å². The molecule has 1 aromatic carbocycles. The summed E-state index contributed by atoms with van der Waals surface area (Å²) in [7, 11) is -3.55. The van der Waals surface area contributed by atoms with Crippen LogP contribution in [0, 0.1) is 0 Å². The highest BCUT2D eigenvalue weighted by atomic mass is 32.2. The van der Waals surface area contributed by atoms with Crippen molar-refractivity contribution in [3.63, 3.8) is 0 Å². The lowest BCUT2D eigenvalue weighted by Gasteiger charge is -2.22. The number of fused-ring (bicyclic) bond motifs is 1. The number of aliphatic hydroxyl groups is 1. The topological polar surface area (TPSA) is 66.4 Å². The fraction of sp³-hybridized carbons (Fsp3) is 0.571. The number of rotatable bonds is 6. The summed E-state index contributed by atoms with van der Waals surface area (Å²) in [5.74, 6) is 0.486. The number of thioether (sulfide) groups is 1. The predicted octanol–water partition coefficient (Wildman–Crippen LogP) is 1.57. The smallest absolute Gasteiger partial charge is 0.240 e. The first-order valence-corrected chi connectivity index (χ1v) is 9.54. The zero-order valence-corrected chi connectivity index (χ0v) is 13.5. The predicted molar refractivity (Wildman–Crippen MR) is 82.7 cm³/mol. The monoisotopic (exact) mass is 315 g/mol. The van der Waals surface area contributed by atoms with Gasteiger partial charge in [0.15, 0.2) is 0 Å². The van der Waals surface area contributed by atoms with Crippen LogP contribution in [0.5, 0.6) is 0 Å². The number of hydrogen-bond acceptors (Lipinski definition) is 4. The fourth-order valence-electron chi connectivity index (χ4n) is 2.41. The van der Waals surface area contributed by atoms with Crippen molar-refractivity contribution >= 4 is 21.8 Å². The van der Waals surface area contributed by atoms with Gasteiger partial charge in [0.05, 0.1) is 10.5 Å². The maximum absolute atomic E-state index is 12.3. The lowest BCUT2D eigenvalue weighted by molar-refractivity contribution is 0.0908. The zero-order chi connectivity index (χ0) is 14.8. The van der Waals surface area contributed by atoms with Gasteiger partial charge in [0.25, 0.3) is 0 Å². The summed E-state index contributed by atoms with van der Waals surface area (Å²) in [6.07, 6.45) is 4.95. The molecule has 0 aromatic heterocycles. The van der Waals surface area contributed by atoms with Crippen molar-refractivity contribution in [2.75, 3.05) is 18.6 Å². The summed E-state index contributed by atoms with van der Waals surface area (Å²) < 4.78 is 27.0. The Morgan fingerprint density at radius 2 is 2.05 bits per heavy atom. The van der Waals surface area contributed by atoms with Crippen molar-refractivity contribution in [2.24, 2.45) is 0 Å². The minimum absolute atomic E-state index is 0.0211. The third kappa shape index (κ3) is 3.75. The van der Waals surface area contributed by atoms with E-state index in [1.54, 1.807) is 19.1 Å². The highest BCUT2D eigenvalue weighted by Crippen LogP contribution is 2.24. The van der Waals surface area contributed by atoms with E-state index in [2.05, 4.69) is 4.72 Å². The van der Waals surface area contributed by atoms with Gasteiger partial charge in [-0.25, -0.2) is 13.1 Å². The molecule has 20 heavy (non-hydrogen) atoms. The van der Waals surface area contributed by atoms with E-state index in [-0.39, 0.29) is 11.4 Å². The Balaban J connectivity index is 2.11. The molecule has 0 unspecified atom stereocenters. The molecule has 6 heteroatoms. The number of aryl methyl sites for hydroxylation is 2. The van der Waals surface area contributed by atoms with Gasteiger partial charge in [-0.1, -0.05) is 6.07 Å². The van der Waals surface area contributed by atoms with Gasteiger partial charge in [-0.05, 0) is 55.7 Å². The van der Waals surface area contributed by atoms with Crippen molar-refractivity contribution in [3.05, 3.63) is 29.3 Å². The Kier molecular flexibility index (Phi) is 4.79. The van der Waals surface area contributed by atoms with Crippen LogP contribution in [0.4, 0.5) is 0 Å². The second-order valence-corrected chi connectivity index (χ2v) is 8.17. The SMILES string of the molecule is CSC[C@@](C)(O)CNS(=O)(=O)c1ccc2c(c1)CCC2. The zero-order valence-electron chi connectivity index (χ0n) is 11.8. The molecule has 0 spiro atoms. The summed E-state index contributed by atoms with van der Waals surface area (Å²) in [4.78, 5) is 0.290. The number of sulfonamides is 1. The molecule has 1 atom stereocenters. The largest absolute Gasteiger partial charge is 0.388 e. The van der Waals surface area contributed by atoms with Crippen LogP contribution in [0.25, 0.3) is 0 Å². The van der Waals surface area contributed by atoms with E-state index in [0.717, 1.165) is 24.8 Å². The summed E-state index contributed by atoms with van der Waals surface area (Å²) in [6, 6.07) is 5.31. The summed E-state index contributed by atoms with van der Waals surface area (Å²) in [6.45, 7) is 1.65. The van der Waals surface area contributed by atoms with Gasteiger partial charge >= 0.3 is 0 Å². The maximum atomic E-state index is 12.3. The Bertz CT molecular complexity index is 582. The quantitative estimate of drug-likeness (QED) is 0.836. The number of benzene rings is 1. The molecule has 0 fully saturated rings. The molecule has 0 radical (unpaired) electrons. The lowest BCUT2D eigenvalue weighted by atomic mass is 10.1. The molecule has 2 N–H and O–H groups in total. The van der Waals surface area contributed by atoms with Crippen molar-refractivity contribution in [2.45, 2.75) is 36.7 Å². The lowest BCUT2D eigenvalue weighted by Crippen LogP contribution is -2.42. The normalized spacial score (nSPS) is 17.8.